The molecule has 0 aliphatic carbocycles. The lowest BCUT2D eigenvalue weighted by Crippen LogP contribution is -2.34. The Bertz CT molecular complexity index is 794. The zero-order chi connectivity index (χ0) is 17.7. The second-order valence-corrected chi connectivity index (χ2v) is 6.14. The molecule has 124 valence electrons. The number of thiocarbonyl (C=S) groups is 1. The summed E-state index contributed by atoms with van der Waals surface area (Å²) in [6.07, 6.45) is 0.899. The number of nitrogens with one attached hydrogen (secondary N) is 2. The molecule has 2 rings (SSSR count). The molecule has 2 N–H and O–H groups in total. The molecule has 24 heavy (non-hydrogen) atoms. The Kier molecular flexibility index (Phi) is 5.99. The second kappa shape index (κ2) is 7.98. The summed E-state index contributed by atoms with van der Waals surface area (Å²) in [7, 11) is 0. The molecule has 0 saturated carbocycles. The number of amides is 1. The summed E-state index contributed by atoms with van der Waals surface area (Å²) in [5, 5.41) is 16.2. The van der Waals surface area contributed by atoms with Crippen LogP contribution >= 0.6 is 28.1 Å². The van der Waals surface area contributed by atoms with Crippen molar-refractivity contribution in [1.82, 2.24) is 5.32 Å². The summed E-state index contributed by atoms with van der Waals surface area (Å²) >= 11 is 8.34. The van der Waals surface area contributed by atoms with Crippen LogP contribution in [-0.4, -0.2) is 15.9 Å². The molecule has 0 radical (unpaired) electrons. The molecular weight excluding hydrogens is 394 g/mol. The third-order valence-corrected chi connectivity index (χ3v) is 4.12. The van der Waals surface area contributed by atoms with E-state index in [0.29, 0.717) is 15.7 Å². The molecule has 0 bridgehead atoms. The maximum Gasteiger partial charge on any atom is 0.270 e. The Morgan fingerprint density at radius 1 is 1.25 bits per heavy atom. The number of anilines is 1. The molecule has 0 aromatic heterocycles. The van der Waals surface area contributed by atoms with E-state index in [1.54, 1.807) is 12.1 Å². The largest absolute Gasteiger partial charge is 0.331 e. The van der Waals surface area contributed by atoms with Crippen molar-refractivity contribution in [3.63, 3.8) is 0 Å². The van der Waals surface area contributed by atoms with E-state index in [4.69, 9.17) is 12.2 Å². The number of hydrogen-bond acceptors (Lipinski definition) is 4. The van der Waals surface area contributed by atoms with E-state index in [1.165, 1.54) is 18.2 Å². The van der Waals surface area contributed by atoms with E-state index in [2.05, 4.69) is 26.6 Å². The Morgan fingerprint density at radius 3 is 2.46 bits per heavy atom. The van der Waals surface area contributed by atoms with Crippen LogP contribution in [0.25, 0.3) is 0 Å². The van der Waals surface area contributed by atoms with Crippen LogP contribution in [0.3, 0.4) is 0 Å². The van der Waals surface area contributed by atoms with Crippen molar-refractivity contribution in [3.8, 4) is 0 Å². The van der Waals surface area contributed by atoms with Gasteiger partial charge in [-0.3, -0.25) is 20.2 Å². The van der Waals surface area contributed by atoms with Gasteiger partial charge in [0, 0.05) is 22.2 Å². The Morgan fingerprint density at radius 2 is 1.92 bits per heavy atom. The first-order chi connectivity index (χ1) is 11.4. The van der Waals surface area contributed by atoms with Gasteiger partial charge in [-0.05, 0) is 58.3 Å². The number of nitro benzene ring substituents is 1. The van der Waals surface area contributed by atoms with Crippen molar-refractivity contribution >= 4 is 50.5 Å². The first kappa shape index (κ1) is 18.0. The lowest BCUT2D eigenvalue weighted by Gasteiger charge is -2.11. The van der Waals surface area contributed by atoms with Gasteiger partial charge in [-0.25, -0.2) is 0 Å². The highest BCUT2D eigenvalue weighted by atomic mass is 79.9. The van der Waals surface area contributed by atoms with Crippen LogP contribution in [0.2, 0.25) is 0 Å². The van der Waals surface area contributed by atoms with E-state index < -0.39 is 4.92 Å². The summed E-state index contributed by atoms with van der Waals surface area (Å²) in [5.74, 6) is -0.326. The van der Waals surface area contributed by atoms with Gasteiger partial charge in [0.25, 0.3) is 11.6 Å². The molecule has 0 fully saturated rings. The van der Waals surface area contributed by atoms with Crippen LogP contribution in [0, 0.1) is 10.1 Å². The van der Waals surface area contributed by atoms with E-state index in [1.807, 2.05) is 19.1 Å². The molecule has 2 aromatic carbocycles. The van der Waals surface area contributed by atoms with Crippen LogP contribution in [0.4, 0.5) is 11.4 Å². The van der Waals surface area contributed by atoms with Crippen molar-refractivity contribution in [1.29, 1.82) is 0 Å². The zero-order valence-electron chi connectivity index (χ0n) is 12.7. The maximum atomic E-state index is 12.1. The third-order valence-electron chi connectivity index (χ3n) is 3.26. The van der Waals surface area contributed by atoms with E-state index >= 15 is 0 Å². The SMILES string of the molecule is CCc1ccc(C(=O)NC(=S)Nc2ccc([N+](=O)[O-])cc2Br)cc1. The van der Waals surface area contributed by atoms with Crippen LogP contribution in [0.5, 0.6) is 0 Å². The topological polar surface area (TPSA) is 84.3 Å². The number of rotatable bonds is 4. The Balaban J connectivity index is 2.02. The van der Waals surface area contributed by atoms with Crippen molar-refractivity contribution in [2.45, 2.75) is 13.3 Å². The molecule has 1 amide bonds. The predicted octanol–water partition coefficient (Wildman–Crippen LogP) is 4.05. The standard InChI is InChI=1S/C16H14BrN3O3S/c1-2-10-3-5-11(6-4-10)15(21)19-16(24)18-14-8-7-12(20(22)23)9-13(14)17/h3-9H,2H2,1H3,(H2,18,19,21,24). The van der Waals surface area contributed by atoms with Crippen LogP contribution in [0.15, 0.2) is 46.9 Å². The summed E-state index contributed by atoms with van der Waals surface area (Å²) in [6.45, 7) is 2.04. The summed E-state index contributed by atoms with van der Waals surface area (Å²) in [5.41, 5.74) is 2.12. The molecule has 0 heterocycles. The molecule has 0 atom stereocenters. The molecule has 6 nitrogen and oxygen atoms in total. The van der Waals surface area contributed by atoms with Crippen LogP contribution in [-0.2, 0) is 6.42 Å². The number of halogens is 1. The zero-order valence-corrected chi connectivity index (χ0v) is 15.1. The highest BCUT2D eigenvalue weighted by Crippen LogP contribution is 2.27. The van der Waals surface area contributed by atoms with E-state index in [-0.39, 0.29) is 16.7 Å². The van der Waals surface area contributed by atoms with Crippen molar-refractivity contribution < 1.29 is 9.72 Å². The number of nitro groups is 1. The average molecular weight is 408 g/mol. The minimum atomic E-state index is -0.491. The van der Waals surface area contributed by atoms with Crippen LogP contribution < -0.4 is 10.6 Å². The van der Waals surface area contributed by atoms with Gasteiger partial charge in [0.2, 0.25) is 0 Å². The smallest absolute Gasteiger partial charge is 0.270 e. The Labute approximate surface area is 152 Å². The minimum Gasteiger partial charge on any atom is -0.331 e. The van der Waals surface area contributed by atoms with Crippen molar-refractivity contribution in [2.75, 3.05) is 5.32 Å². The minimum absolute atomic E-state index is 0.0432. The fourth-order valence-electron chi connectivity index (χ4n) is 1.94. The summed E-state index contributed by atoms with van der Waals surface area (Å²) in [6, 6.07) is 11.5. The number of carbonyl (C=O) groups is 1. The predicted molar refractivity (Wildman–Crippen MR) is 100 cm³/mol. The van der Waals surface area contributed by atoms with Gasteiger partial charge in [0.1, 0.15) is 0 Å². The Hall–Kier alpha value is -2.32. The van der Waals surface area contributed by atoms with E-state index in [0.717, 1.165) is 12.0 Å². The summed E-state index contributed by atoms with van der Waals surface area (Å²) < 4.78 is 0.473. The van der Waals surface area contributed by atoms with Gasteiger partial charge in [0.05, 0.1) is 10.6 Å². The molecule has 0 saturated heterocycles. The molecule has 8 heteroatoms. The lowest BCUT2D eigenvalue weighted by atomic mass is 10.1. The first-order valence-electron chi connectivity index (χ1n) is 7.06. The highest BCUT2D eigenvalue weighted by molar-refractivity contribution is 9.10. The first-order valence-corrected chi connectivity index (χ1v) is 8.26. The molecular formula is C16H14BrN3O3S. The number of nitrogens with zero attached hydrogens (tertiary/aromatic N) is 1. The van der Waals surface area contributed by atoms with Crippen molar-refractivity contribution in [2.24, 2.45) is 0 Å². The lowest BCUT2D eigenvalue weighted by molar-refractivity contribution is -0.384. The van der Waals surface area contributed by atoms with Gasteiger partial charge < -0.3 is 5.32 Å². The van der Waals surface area contributed by atoms with Gasteiger partial charge in [-0.15, -0.1) is 0 Å². The fraction of sp³-hybridized carbons (Fsp3) is 0.125. The monoisotopic (exact) mass is 407 g/mol. The fourth-order valence-corrected chi connectivity index (χ4v) is 2.61. The molecule has 0 spiro atoms. The van der Waals surface area contributed by atoms with Gasteiger partial charge in [0.15, 0.2) is 5.11 Å². The number of benzene rings is 2. The molecule has 0 aliphatic rings. The number of carbonyl (C=O) groups excluding carboxylic acids is 1. The maximum absolute atomic E-state index is 12.1. The number of non-ortho nitro benzene ring substituents is 1. The molecule has 0 unspecified atom stereocenters. The third kappa shape index (κ3) is 4.59. The molecule has 2 aromatic rings. The number of aryl methyl sites for hydroxylation is 1. The van der Waals surface area contributed by atoms with Crippen molar-refractivity contribution in [3.05, 3.63) is 68.2 Å². The van der Waals surface area contributed by atoms with Crippen LogP contribution in [0.1, 0.15) is 22.8 Å². The van der Waals surface area contributed by atoms with E-state index in [9.17, 15) is 14.9 Å². The van der Waals surface area contributed by atoms with Gasteiger partial charge >= 0.3 is 0 Å². The quantitative estimate of drug-likeness (QED) is 0.453. The van der Waals surface area contributed by atoms with Gasteiger partial charge in [-0.1, -0.05) is 19.1 Å². The average Bonchev–Trinajstić information content (AvgIpc) is 2.56. The second-order valence-electron chi connectivity index (χ2n) is 4.88. The molecule has 0 aliphatic heterocycles. The van der Waals surface area contributed by atoms with Gasteiger partial charge in [-0.2, -0.15) is 0 Å². The normalized spacial score (nSPS) is 10.1. The highest BCUT2D eigenvalue weighted by Gasteiger charge is 2.12. The summed E-state index contributed by atoms with van der Waals surface area (Å²) in [4.78, 5) is 22.4. The number of hydrogen-bond donors (Lipinski definition) is 2.